The molecule has 0 aliphatic heterocycles. The molecule has 3 N–H and O–H groups in total. The summed E-state index contributed by atoms with van der Waals surface area (Å²) >= 11 is 6.11. The fourth-order valence-electron chi connectivity index (χ4n) is 1.94. The summed E-state index contributed by atoms with van der Waals surface area (Å²) in [6.07, 6.45) is 1.65. The second kappa shape index (κ2) is 5.96. The molecule has 106 valence electrons. The van der Waals surface area contributed by atoms with Crippen LogP contribution < -0.4 is 11.1 Å². The Hall–Kier alpha value is -2.01. The van der Waals surface area contributed by atoms with E-state index in [0.29, 0.717) is 17.3 Å². The highest BCUT2D eigenvalue weighted by atomic mass is 35.5. The summed E-state index contributed by atoms with van der Waals surface area (Å²) < 4.78 is 1.63. The number of nitrogens with two attached hydrogens (primary N) is 1. The Kier molecular flexibility index (Phi) is 4.29. The maximum atomic E-state index is 12.2. The van der Waals surface area contributed by atoms with Gasteiger partial charge in [-0.1, -0.05) is 29.8 Å². The second-order valence-corrected chi connectivity index (χ2v) is 4.91. The van der Waals surface area contributed by atoms with Crippen LogP contribution in [0.3, 0.4) is 0 Å². The molecule has 1 aromatic carbocycles. The third kappa shape index (κ3) is 2.93. The molecule has 0 bridgehead atoms. The fraction of sp³-hybridized carbons (Fsp3) is 0.286. The molecular formula is C14H17ClN4O. The number of nitrogens with zero attached hydrogens (tertiary/aromatic N) is 2. The molecule has 1 unspecified atom stereocenters. The molecule has 2 rings (SSSR count). The zero-order valence-electron chi connectivity index (χ0n) is 11.4. The Morgan fingerprint density at radius 2 is 2.20 bits per heavy atom. The number of nitrogens with one attached hydrogen (secondary N) is 1. The van der Waals surface area contributed by atoms with Crippen molar-refractivity contribution in [3.63, 3.8) is 0 Å². The smallest absolute Gasteiger partial charge is 0.274 e. The molecule has 0 saturated heterocycles. The Bertz CT molecular complexity index is 623. The van der Waals surface area contributed by atoms with Crippen molar-refractivity contribution < 1.29 is 4.79 Å². The molecule has 20 heavy (non-hydrogen) atoms. The van der Waals surface area contributed by atoms with Crippen molar-refractivity contribution in [2.24, 2.45) is 0 Å². The predicted molar refractivity (Wildman–Crippen MR) is 79.6 cm³/mol. The fourth-order valence-corrected chi connectivity index (χ4v) is 2.24. The van der Waals surface area contributed by atoms with Gasteiger partial charge in [-0.05, 0) is 25.5 Å². The van der Waals surface area contributed by atoms with Crippen molar-refractivity contribution in [1.29, 1.82) is 0 Å². The first-order valence-electron chi connectivity index (χ1n) is 6.41. The van der Waals surface area contributed by atoms with Crippen molar-refractivity contribution in [1.82, 2.24) is 15.1 Å². The summed E-state index contributed by atoms with van der Waals surface area (Å²) in [5, 5.41) is 7.61. The van der Waals surface area contributed by atoms with Crippen LogP contribution in [0.4, 0.5) is 5.69 Å². The maximum absolute atomic E-state index is 12.2. The van der Waals surface area contributed by atoms with Crippen molar-refractivity contribution in [2.45, 2.75) is 26.4 Å². The number of nitrogen functional groups attached to an aromatic ring is 1. The Morgan fingerprint density at radius 1 is 1.50 bits per heavy atom. The third-order valence-corrected chi connectivity index (χ3v) is 3.39. The van der Waals surface area contributed by atoms with Gasteiger partial charge in [-0.25, -0.2) is 0 Å². The van der Waals surface area contributed by atoms with Gasteiger partial charge in [0.15, 0.2) is 5.69 Å². The molecule has 1 heterocycles. The van der Waals surface area contributed by atoms with Crippen LogP contribution in [-0.4, -0.2) is 15.7 Å². The molecule has 2 aromatic rings. The topological polar surface area (TPSA) is 72.9 Å². The zero-order valence-corrected chi connectivity index (χ0v) is 12.2. The molecule has 0 radical (unpaired) electrons. The molecule has 0 fully saturated rings. The molecular weight excluding hydrogens is 276 g/mol. The van der Waals surface area contributed by atoms with Gasteiger partial charge in [0, 0.05) is 17.8 Å². The van der Waals surface area contributed by atoms with Gasteiger partial charge < -0.3 is 11.1 Å². The molecule has 1 amide bonds. The van der Waals surface area contributed by atoms with Gasteiger partial charge in [0.2, 0.25) is 0 Å². The van der Waals surface area contributed by atoms with Gasteiger partial charge in [-0.15, -0.1) is 0 Å². The van der Waals surface area contributed by atoms with Gasteiger partial charge in [-0.3, -0.25) is 9.48 Å². The molecule has 1 atom stereocenters. The first kappa shape index (κ1) is 14.4. The first-order chi connectivity index (χ1) is 9.52. The lowest BCUT2D eigenvalue weighted by Crippen LogP contribution is -2.28. The van der Waals surface area contributed by atoms with E-state index in [1.807, 2.05) is 32.0 Å². The van der Waals surface area contributed by atoms with Crippen LogP contribution in [-0.2, 0) is 6.54 Å². The molecule has 0 aliphatic carbocycles. The molecule has 1 aromatic heterocycles. The Morgan fingerprint density at radius 3 is 2.80 bits per heavy atom. The highest BCUT2D eigenvalue weighted by Gasteiger charge is 2.18. The lowest BCUT2D eigenvalue weighted by atomic mass is 10.1. The van der Waals surface area contributed by atoms with Crippen molar-refractivity contribution in [3.8, 4) is 0 Å². The molecule has 6 heteroatoms. The van der Waals surface area contributed by atoms with Gasteiger partial charge in [0.05, 0.1) is 11.7 Å². The van der Waals surface area contributed by atoms with Crippen LogP contribution in [0.2, 0.25) is 5.02 Å². The quantitative estimate of drug-likeness (QED) is 0.910. The van der Waals surface area contributed by atoms with Gasteiger partial charge in [0.25, 0.3) is 5.91 Å². The van der Waals surface area contributed by atoms with E-state index >= 15 is 0 Å². The van der Waals surface area contributed by atoms with Gasteiger partial charge in [0.1, 0.15) is 0 Å². The standard InChI is InChI=1S/C14H17ClN4O/c1-3-19-8-12(16)13(18-19)14(20)17-9(2)10-6-4-5-7-11(10)15/h4-9H,3,16H2,1-2H3,(H,17,20). The third-order valence-electron chi connectivity index (χ3n) is 3.05. The van der Waals surface area contributed by atoms with Crippen LogP contribution >= 0.6 is 11.6 Å². The average molecular weight is 293 g/mol. The predicted octanol–water partition coefficient (Wildman–Crippen LogP) is 2.63. The van der Waals surface area contributed by atoms with Crippen LogP contribution in [0.25, 0.3) is 0 Å². The molecule has 0 aliphatic rings. The van der Waals surface area contributed by atoms with E-state index < -0.39 is 0 Å². The number of benzene rings is 1. The number of aryl methyl sites for hydroxylation is 1. The lowest BCUT2D eigenvalue weighted by Gasteiger charge is -2.15. The minimum atomic E-state index is -0.304. The normalized spacial score (nSPS) is 12.2. The minimum Gasteiger partial charge on any atom is -0.396 e. The van der Waals surface area contributed by atoms with E-state index in [4.69, 9.17) is 17.3 Å². The van der Waals surface area contributed by atoms with Crippen LogP contribution in [0.5, 0.6) is 0 Å². The zero-order chi connectivity index (χ0) is 14.7. The summed E-state index contributed by atoms with van der Waals surface area (Å²) in [5.41, 5.74) is 7.26. The molecule has 0 spiro atoms. The SMILES string of the molecule is CCn1cc(N)c(C(=O)NC(C)c2ccccc2Cl)n1. The van der Waals surface area contributed by atoms with Crippen LogP contribution in [0.15, 0.2) is 30.5 Å². The largest absolute Gasteiger partial charge is 0.396 e. The number of hydrogen-bond acceptors (Lipinski definition) is 3. The van der Waals surface area contributed by atoms with E-state index in [-0.39, 0.29) is 17.6 Å². The number of halogens is 1. The van der Waals surface area contributed by atoms with E-state index in [1.54, 1.807) is 16.9 Å². The van der Waals surface area contributed by atoms with Crippen molar-refractivity contribution in [2.75, 3.05) is 5.73 Å². The summed E-state index contributed by atoms with van der Waals surface area (Å²) in [5.74, 6) is -0.304. The monoisotopic (exact) mass is 292 g/mol. The summed E-state index contributed by atoms with van der Waals surface area (Å²) in [6.45, 7) is 4.46. The van der Waals surface area contributed by atoms with Gasteiger partial charge >= 0.3 is 0 Å². The summed E-state index contributed by atoms with van der Waals surface area (Å²) in [7, 11) is 0. The van der Waals surface area contributed by atoms with E-state index in [0.717, 1.165) is 5.56 Å². The number of aromatic nitrogens is 2. The summed E-state index contributed by atoms with van der Waals surface area (Å²) in [4.78, 5) is 12.2. The van der Waals surface area contributed by atoms with Crippen molar-refractivity contribution in [3.05, 3.63) is 46.7 Å². The van der Waals surface area contributed by atoms with Crippen LogP contribution in [0, 0.1) is 0 Å². The minimum absolute atomic E-state index is 0.220. The Balaban J connectivity index is 2.15. The Labute approximate surface area is 122 Å². The average Bonchev–Trinajstić information content (AvgIpc) is 2.80. The van der Waals surface area contributed by atoms with Crippen molar-refractivity contribution >= 4 is 23.2 Å². The molecule has 0 saturated carbocycles. The number of hydrogen-bond donors (Lipinski definition) is 2. The number of rotatable bonds is 4. The van der Waals surface area contributed by atoms with E-state index in [2.05, 4.69) is 10.4 Å². The van der Waals surface area contributed by atoms with Gasteiger partial charge in [-0.2, -0.15) is 5.10 Å². The molecule has 5 nitrogen and oxygen atoms in total. The highest BCUT2D eigenvalue weighted by Crippen LogP contribution is 2.22. The van der Waals surface area contributed by atoms with Crippen LogP contribution in [0.1, 0.15) is 35.9 Å². The first-order valence-corrected chi connectivity index (χ1v) is 6.79. The lowest BCUT2D eigenvalue weighted by molar-refractivity contribution is 0.0935. The number of carbonyl (C=O) groups is 1. The van der Waals surface area contributed by atoms with E-state index in [1.165, 1.54) is 0 Å². The van der Waals surface area contributed by atoms with E-state index in [9.17, 15) is 4.79 Å². The maximum Gasteiger partial charge on any atom is 0.274 e. The number of anilines is 1. The summed E-state index contributed by atoms with van der Waals surface area (Å²) in [6, 6.07) is 7.18. The number of carbonyl (C=O) groups excluding carboxylic acids is 1. The highest BCUT2D eigenvalue weighted by molar-refractivity contribution is 6.31. The second-order valence-electron chi connectivity index (χ2n) is 4.51. The number of amides is 1.